The van der Waals surface area contributed by atoms with Crippen molar-refractivity contribution in [2.24, 2.45) is 0 Å². The van der Waals surface area contributed by atoms with Crippen molar-refractivity contribution < 1.29 is 0 Å². The summed E-state index contributed by atoms with van der Waals surface area (Å²) in [6.07, 6.45) is 0. The average molecular weight is 984 g/mol. The van der Waals surface area contributed by atoms with E-state index < -0.39 is 10.8 Å². The van der Waals surface area contributed by atoms with Crippen LogP contribution >= 0.6 is 11.3 Å². The van der Waals surface area contributed by atoms with Gasteiger partial charge in [0.2, 0.25) is 0 Å². The molecule has 0 amide bonds. The number of nitrogens with zero attached hydrogens (tertiary/aromatic N) is 1. The SMILES string of the molecule is c1ccc(C2(c3ccccc3)c3ccccc3-c3cc(-c4cccc(N(c5ccc(-c6cccc7c6sc6ccccc67)cc5)c5ccc6c(c5)C(c5ccccc5)(c5ccccc5)c5ccccc5-6)c4)ccc32)cc1. The monoisotopic (exact) mass is 983 g/mol. The topological polar surface area (TPSA) is 3.24 Å². The normalized spacial score (nSPS) is 13.5. The Bertz CT molecular complexity index is 4250. The maximum Gasteiger partial charge on any atom is 0.0714 e. The minimum Gasteiger partial charge on any atom is -0.310 e. The summed E-state index contributed by atoms with van der Waals surface area (Å²) < 4.78 is 2.63. The molecular weight excluding hydrogens is 935 g/mol. The Hall–Kier alpha value is -9.34. The van der Waals surface area contributed by atoms with Crippen LogP contribution in [0.2, 0.25) is 0 Å². The van der Waals surface area contributed by atoms with Crippen LogP contribution in [-0.4, -0.2) is 0 Å². The zero-order chi connectivity index (χ0) is 50.2. The van der Waals surface area contributed by atoms with Gasteiger partial charge in [-0.05, 0) is 138 Å². The average Bonchev–Trinajstić information content (AvgIpc) is 4.14. The lowest BCUT2D eigenvalue weighted by Gasteiger charge is -2.35. The van der Waals surface area contributed by atoms with E-state index in [2.05, 4.69) is 302 Å². The predicted molar refractivity (Wildman–Crippen MR) is 319 cm³/mol. The van der Waals surface area contributed by atoms with Crippen molar-refractivity contribution in [3.8, 4) is 44.5 Å². The molecule has 356 valence electrons. The van der Waals surface area contributed by atoms with E-state index in [1.54, 1.807) is 0 Å². The Balaban J connectivity index is 0.918. The van der Waals surface area contributed by atoms with Crippen molar-refractivity contribution in [1.29, 1.82) is 0 Å². The molecule has 0 atom stereocenters. The first-order chi connectivity index (χ1) is 37.7. The van der Waals surface area contributed by atoms with Crippen LogP contribution in [0.15, 0.2) is 297 Å². The van der Waals surface area contributed by atoms with Gasteiger partial charge in [0.25, 0.3) is 0 Å². The van der Waals surface area contributed by atoms with Crippen molar-refractivity contribution in [2.75, 3.05) is 4.90 Å². The third kappa shape index (κ3) is 6.57. The molecule has 12 aromatic carbocycles. The molecular formula is C74H49NS. The van der Waals surface area contributed by atoms with Crippen molar-refractivity contribution in [3.63, 3.8) is 0 Å². The number of anilines is 3. The van der Waals surface area contributed by atoms with Gasteiger partial charge in [0, 0.05) is 37.2 Å². The maximum absolute atomic E-state index is 2.48. The second kappa shape index (κ2) is 17.7. The highest BCUT2D eigenvalue weighted by atomic mass is 32.1. The molecule has 0 radical (unpaired) electrons. The number of benzene rings is 12. The molecule has 1 nitrogen and oxygen atoms in total. The second-order valence-corrected chi connectivity index (χ2v) is 21.3. The highest BCUT2D eigenvalue weighted by molar-refractivity contribution is 7.26. The molecule has 2 heteroatoms. The number of hydrogen-bond acceptors (Lipinski definition) is 2. The van der Waals surface area contributed by atoms with Gasteiger partial charge >= 0.3 is 0 Å². The van der Waals surface area contributed by atoms with Crippen LogP contribution in [0.25, 0.3) is 64.7 Å². The summed E-state index contributed by atoms with van der Waals surface area (Å²) in [7, 11) is 0. The smallest absolute Gasteiger partial charge is 0.0714 e. The standard InChI is InChI=1S/C74H49NS/c1-5-22-53(23-6-1)73(54-24-7-2-8-25-54)68-37-17-14-32-62(68)66-48-52(41-46-69(66)73)51-21-19-30-58(47-51)75(57-42-39-50(40-43-57)60-34-20-35-65-64-33-15-18-38-71(64)76-72(60)65)59-44-45-63-61-31-13-16-36-67(61)74(70(63)49-59,55-26-9-3-10-27-55)56-28-11-4-12-29-56/h1-49H. The molecule has 0 fully saturated rings. The molecule has 1 heterocycles. The van der Waals surface area contributed by atoms with E-state index in [0.29, 0.717) is 0 Å². The molecule has 76 heavy (non-hydrogen) atoms. The molecule has 0 unspecified atom stereocenters. The van der Waals surface area contributed by atoms with Crippen molar-refractivity contribution in [3.05, 3.63) is 342 Å². The van der Waals surface area contributed by atoms with Crippen LogP contribution in [0.4, 0.5) is 17.1 Å². The van der Waals surface area contributed by atoms with E-state index in [0.717, 1.165) is 22.6 Å². The molecule has 0 saturated heterocycles. The van der Waals surface area contributed by atoms with Gasteiger partial charge in [0.05, 0.1) is 10.8 Å². The van der Waals surface area contributed by atoms with Crippen molar-refractivity contribution >= 4 is 48.6 Å². The Morgan fingerprint density at radius 3 is 1.34 bits per heavy atom. The van der Waals surface area contributed by atoms with Gasteiger partial charge in [0.15, 0.2) is 0 Å². The lowest BCUT2D eigenvalue weighted by atomic mass is 9.67. The zero-order valence-electron chi connectivity index (χ0n) is 41.6. The summed E-state index contributed by atoms with van der Waals surface area (Å²) in [6.45, 7) is 0. The van der Waals surface area contributed by atoms with Crippen LogP contribution in [0.5, 0.6) is 0 Å². The largest absolute Gasteiger partial charge is 0.310 e. The molecule has 2 aliphatic rings. The first-order valence-corrected chi connectivity index (χ1v) is 27.1. The summed E-state index contributed by atoms with van der Waals surface area (Å²) in [5.74, 6) is 0. The van der Waals surface area contributed by atoms with Gasteiger partial charge in [-0.25, -0.2) is 0 Å². The number of hydrogen-bond donors (Lipinski definition) is 0. The minimum absolute atomic E-state index is 0.456. The molecule has 15 rings (SSSR count). The summed E-state index contributed by atoms with van der Waals surface area (Å²) >= 11 is 1.88. The van der Waals surface area contributed by atoms with Gasteiger partial charge in [-0.15, -0.1) is 11.3 Å². The molecule has 0 aliphatic heterocycles. The molecule has 0 spiro atoms. The quantitative estimate of drug-likeness (QED) is 0.139. The van der Waals surface area contributed by atoms with E-state index >= 15 is 0 Å². The fourth-order valence-electron chi connectivity index (χ4n) is 13.2. The van der Waals surface area contributed by atoms with Crippen LogP contribution in [0, 0.1) is 0 Å². The first-order valence-electron chi connectivity index (χ1n) is 26.3. The van der Waals surface area contributed by atoms with E-state index in [1.807, 2.05) is 11.3 Å². The minimum atomic E-state index is -0.541. The Morgan fingerprint density at radius 2 is 0.697 bits per heavy atom. The fourth-order valence-corrected chi connectivity index (χ4v) is 14.5. The fraction of sp³-hybridized carbons (Fsp3) is 0.0270. The summed E-state index contributed by atoms with van der Waals surface area (Å²) in [6, 6.07) is 111. The van der Waals surface area contributed by atoms with E-state index in [4.69, 9.17) is 0 Å². The predicted octanol–water partition coefficient (Wildman–Crippen LogP) is 19.6. The van der Waals surface area contributed by atoms with Crippen LogP contribution in [0.3, 0.4) is 0 Å². The van der Waals surface area contributed by atoms with Crippen LogP contribution < -0.4 is 4.90 Å². The third-order valence-electron chi connectivity index (χ3n) is 16.4. The lowest BCUT2D eigenvalue weighted by molar-refractivity contribution is 0.768. The highest BCUT2D eigenvalue weighted by Gasteiger charge is 2.47. The number of thiophene rings is 1. The highest BCUT2D eigenvalue weighted by Crippen LogP contribution is 2.59. The lowest BCUT2D eigenvalue weighted by Crippen LogP contribution is -2.28. The summed E-state index contributed by atoms with van der Waals surface area (Å²) in [5, 5.41) is 2.62. The molecule has 0 saturated carbocycles. The molecule has 1 aromatic heterocycles. The van der Waals surface area contributed by atoms with Crippen LogP contribution in [0.1, 0.15) is 44.5 Å². The van der Waals surface area contributed by atoms with E-state index in [1.165, 1.54) is 104 Å². The van der Waals surface area contributed by atoms with Crippen molar-refractivity contribution in [2.45, 2.75) is 10.8 Å². The van der Waals surface area contributed by atoms with Crippen molar-refractivity contribution in [1.82, 2.24) is 0 Å². The van der Waals surface area contributed by atoms with E-state index in [-0.39, 0.29) is 0 Å². The zero-order valence-corrected chi connectivity index (χ0v) is 42.5. The maximum atomic E-state index is 2.48. The van der Waals surface area contributed by atoms with Gasteiger partial charge in [-0.2, -0.15) is 0 Å². The van der Waals surface area contributed by atoms with E-state index in [9.17, 15) is 0 Å². The third-order valence-corrected chi connectivity index (χ3v) is 17.7. The van der Waals surface area contributed by atoms with Crippen LogP contribution in [-0.2, 0) is 10.8 Å². The Labute approximate surface area is 447 Å². The van der Waals surface area contributed by atoms with Gasteiger partial charge in [-0.3, -0.25) is 0 Å². The van der Waals surface area contributed by atoms with Gasteiger partial charge in [-0.1, -0.05) is 249 Å². The Kier molecular flexibility index (Phi) is 10.3. The van der Waals surface area contributed by atoms with Gasteiger partial charge < -0.3 is 4.90 Å². The number of rotatable bonds is 9. The molecule has 0 N–H and O–H groups in total. The second-order valence-electron chi connectivity index (χ2n) is 20.3. The molecule has 2 aliphatic carbocycles. The first kappa shape index (κ1) is 44.2. The summed E-state index contributed by atoms with van der Waals surface area (Å²) in [5.41, 5.74) is 22.4. The summed E-state index contributed by atoms with van der Waals surface area (Å²) in [4.78, 5) is 2.47. The number of fused-ring (bicyclic) bond motifs is 9. The Morgan fingerprint density at radius 1 is 0.250 bits per heavy atom. The van der Waals surface area contributed by atoms with Gasteiger partial charge in [0.1, 0.15) is 0 Å². The molecule has 0 bridgehead atoms. The molecule has 13 aromatic rings.